The molecule has 1 fully saturated rings. The molecule has 0 atom stereocenters. The van der Waals surface area contributed by atoms with Crippen molar-refractivity contribution < 1.29 is 0 Å². The molecule has 1 aliphatic carbocycles. The first-order valence-corrected chi connectivity index (χ1v) is 8.12. The van der Waals surface area contributed by atoms with E-state index in [1.54, 1.807) is 11.8 Å². The third-order valence-electron chi connectivity index (χ3n) is 3.46. The van der Waals surface area contributed by atoms with E-state index in [1.807, 2.05) is 28.9 Å². The van der Waals surface area contributed by atoms with Crippen molar-refractivity contribution in [1.29, 1.82) is 0 Å². The zero-order valence-electron chi connectivity index (χ0n) is 11.1. The van der Waals surface area contributed by atoms with Crippen LogP contribution in [0.4, 0.5) is 0 Å². The highest BCUT2D eigenvalue weighted by atomic mass is 35.5. The summed E-state index contributed by atoms with van der Waals surface area (Å²) in [4.78, 5) is 4.44. The van der Waals surface area contributed by atoms with E-state index in [1.165, 1.54) is 0 Å². The Kier molecular flexibility index (Phi) is 3.27. The predicted octanol–water partition coefficient (Wildman–Crippen LogP) is 3.50. The number of halogens is 1. The van der Waals surface area contributed by atoms with Gasteiger partial charge < -0.3 is 0 Å². The summed E-state index contributed by atoms with van der Waals surface area (Å²) in [6.07, 6.45) is 2.33. The van der Waals surface area contributed by atoms with Crippen LogP contribution in [0.5, 0.6) is 0 Å². The van der Waals surface area contributed by atoms with Gasteiger partial charge in [-0.1, -0.05) is 41.6 Å². The zero-order valence-corrected chi connectivity index (χ0v) is 12.7. The van der Waals surface area contributed by atoms with E-state index < -0.39 is 0 Å². The molecule has 5 nitrogen and oxygen atoms in total. The minimum absolute atomic E-state index is 0.479. The molecule has 7 heteroatoms. The van der Waals surface area contributed by atoms with Crippen molar-refractivity contribution in [1.82, 2.24) is 25.2 Å². The number of aromatic nitrogens is 5. The molecular formula is C14H12ClN5S. The normalized spacial score (nSPS) is 14.7. The molecule has 4 rings (SSSR count). The van der Waals surface area contributed by atoms with Gasteiger partial charge in [0.25, 0.3) is 0 Å². The highest BCUT2D eigenvalue weighted by Crippen LogP contribution is 2.37. The molecule has 0 radical (unpaired) electrons. The van der Waals surface area contributed by atoms with E-state index in [0.717, 1.165) is 34.5 Å². The van der Waals surface area contributed by atoms with Gasteiger partial charge in [-0.25, -0.2) is 9.67 Å². The van der Waals surface area contributed by atoms with Gasteiger partial charge >= 0.3 is 0 Å². The lowest BCUT2D eigenvalue weighted by Gasteiger charge is -2.06. The predicted molar refractivity (Wildman–Crippen MR) is 82.4 cm³/mol. The van der Waals surface area contributed by atoms with Crippen molar-refractivity contribution in [3.63, 3.8) is 0 Å². The Bertz CT molecular complexity index is 799. The Labute approximate surface area is 130 Å². The summed E-state index contributed by atoms with van der Waals surface area (Å²) < 4.78 is 1.91. The van der Waals surface area contributed by atoms with Crippen LogP contribution >= 0.6 is 23.4 Å². The number of tetrazole rings is 1. The molecule has 0 bridgehead atoms. The summed E-state index contributed by atoms with van der Waals surface area (Å²) in [6.45, 7) is 0. The minimum atomic E-state index is 0.479. The largest absolute Gasteiger partial charge is 0.236 e. The highest BCUT2D eigenvalue weighted by Gasteiger charge is 2.27. The van der Waals surface area contributed by atoms with Gasteiger partial charge in [0, 0.05) is 16.7 Å². The highest BCUT2D eigenvalue weighted by molar-refractivity contribution is 7.98. The topological polar surface area (TPSA) is 56.5 Å². The van der Waals surface area contributed by atoms with E-state index >= 15 is 0 Å². The fourth-order valence-electron chi connectivity index (χ4n) is 2.21. The maximum atomic E-state index is 6.28. The molecule has 0 spiro atoms. The fraction of sp³-hybridized carbons (Fsp3) is 0.286. The molecule has 1 aliphatic rings. The second kappa shape index (κ2) is 5.27. The summed E-state index contributed by atoms with van der Waals surface area (Å²) in [5.74, 6) is 0.712. The second-order valence-electron chi connectivity index (χ2n) is 5.06. The van der Waals surface area contributed by atoms with Gasteiger partial charge in [-0.05, 0) is 35.4 Å². The maximum absolute atomic E-state index is 6.28. The summed E-state index contributed by atoms with van der Waals surface area (Å²) in [6, 6.07) is 10.5. The van der Waals surface area contributed by atoms with E-state index in [9.17, 15) is 0 Å². The van der Waals surface area contributed by atoms with Crippen LogP contribution in [-0.2, 0) is 5.75 Å². The Morgan fingerprint density at radius 1 is 1.29 bits per heavy atom. The van der Waals surface area contributed by atoms with Crippen LogP contribution in [0.3, 0.4) is 0 Å². The summed E-state index contributed by atoms with van der Waals surface area (Å²) in [5.41, 5.74) is 1.92. The van der Waals surface area contributed by atoms with Crippen molar-refractivity contribution in [2.75, 3.05) is 0 Å². The number of fused-ring (bicyclic) bond motifs is 1. The lowest BCUT2D eigenvalue weighted by molar-refractivity contribution is 0.565. The van der Waals surface area contributed by atoms with E-state index in [0.29, 0.717) is 16.9 Å². The third kappa shape index (κ3) is 2.61. The van der Waals surface area contributed by atoms with Gasteiger partial charge in [0.05, 0.1) is 11.6 Å². The number of hydrogen-bond acceptors (Lipinski definition) is 5. The number of thioether (sulfide) groups is 1. The van der Waals surface area contributed by atoms with E-state index in [4.69, 9.17) is 11.6 Å². The zero-order chi connectivity index (χ0) is 14.2. The quantitative estimate of drug-likeness (QED) is 0.544. The molecule has 106 valence electrons. The van der Waals surface area contributed by atoms with Gasteiger partial charge in [-0.3, -0.25) is 0 Å². The molecule has 0 aliphatic heterocycles. The number of nitrogens with zero attached hydrogens (tertiary/aromatic N) is 5. The lowest BCUT2D eigenvalue weighted by atomic mass is 10.2. The molecule has 2 heterocycles. The first-order valence-electron chi connectivity index (χ1n) is 6.76. The van der Waals surface area contributed by atoms with Crippen LogP contribution < -0.4 is 0 Å². The Morgan fingerprint density at radius 3 is 3.00 bits per heavy atom. The van der Waals surface area contributed by atoms with Gasteiger partial charge in [-0.2, -0.15) is 0 Å². The van der Waals surface area contributed by atoms with Crippen LogP contribution in [0.25, 0.3) is 10.9 Å². The molecule has 0 saturated heterocycles. The first-order chi connectivity index (χ1) is 10.3. The number of para-hydroxylation sites is 1. The van der Waals surface area contributed by atoms with Gasteiger partial charge in [0.2, 0.25) is 5.16 Å². The monoisotopic (exact) mass is 317 g/mol. The number of rotatable bonds is 4. The van der Waals surface area contributed by atoms with Gasteiger partial charge in [-0.15, -0.1) is 5.10 Å². The van der Waals surface area contributed by atoms with Crippen molar-refractivity contribution in [2.45, 2.75) is 29.8 Å². The Hall–Kier alpha value is -1.66. The van der Waals surface area contributed by atoms with Gasteiger partial charge in [0.1, 0.15) is 5.15 Å². The van der Waals surface area contributed by atoms with Gasteiger partial charge in [0.15, 0.2) is 0 Å². The van der Waals surface area contributed by atoms with Crippen molar-refractivity contribution in [3.8, 4) is 0 Å². The van der Waals surface area contributed by atoms with Crippen LogP contribution in [0.15, 0.2) is 35.5 Å². The number of hydrogen-bond donors (Lipinski definition) is 0. The van der Waals surface area contributed by atoms with Crippen molar-refractivity contribution >= 4 is 34.3 Å². The smallest absolute Gasteiger partial charge is 0.209 e. The molecule has 0 amide bonds. The first kappa shape index (κ1) is 13.0. The molecule has 2 aromatic heterocycles. The number of pyridine rings is 1. The molecule has 0 N–H and O–H groups in total. The van der Waals surface area contributed by atoms with Crippen LogP contribution in [0.2, 0.25) is 5.15 Å². The molecule has 21 heavy (non-hydrogen) atoms. The second-order valence-corrected chi connectivity index (χ2v) is 6.36. The molecular weight excluding hydrogens is 306 g/mol. The Morgan fingerprint density at radius 2 is 2.14 bits per heavy atom. The molecule has 3 aromatic rings. The average Bonchev–Trinajstić information content (AvgIpc) is 3.24. The molecule has 0 unspecified atom stereocenters. The summed E-state index contributed by atoms with van der Waals surface area (Å²) in [5, 5.41) is 14.4. The lowest BCUT2D eigenvalue weighted by Crippen LogP contribution is -1.99. The summed E-state index contributed by atoms with van der Waals surface area (Å²) in [7, 11) is 0. The third-order valence-corrected chi connectivity index (χ3v) is 4.77. The van der Waals surface area contributed by atoms with E-state index in [2.05, 4.69) is 26.6 Å². The van der Waals surface area contributed by atoms with Crippen molar-refractivity contribution in [2.24, 2.45) is 0 Å². The van der Waals surface area contributed by atoms with Crippen LogP contribution in [-0.4, -0.2) is 25.2 Å². The minimum Gasteiger partial charge on any atom is -0.236 e. The Balaban J connectivity index is 1.59. The fourth-order valence-corrected chi connectivity index (χ4v) is 3.42. The number of benzene rings is 1. The average molecular weight is 318 g/mol. The van der Waals surface area contributed by atoms with E-state index in [-0.39, 0.29) is 0 Å². The SMILES string of the molecule is Clc1nc2ccccc2cc1CSc1nnnn1C1CC1. The van der Waals surface area contributed by atoms with Crippen LogP contribution in [0, 0.1) is 0 Å². The maximum Gasteiger partial charge on any atom is 0.209 e. The van der Waals surface area contributed by atoms with Crippen molar-refractivity contribution in [3.05, 3.63) is 41.0 Å². The molecule has 1 aromatic carbocycles. The summed E-state index contributed by atoms with van der Waals surface area (Å²) >= 11 is 7.88. The van der Waals surface area contributed by atoms with Crippen LogP contribution in [0.1, 0.15) is 24.4 Å². The standard InChI is InChI=1S/C14H12ClN5S/c15-13-10(7-9-3-1-2-4-12(9)16-13)8-21-14-17-18-19-20(14)11-5-6-11/h1-4,7,11H,5-6,8H2. The molecule has 1 saturated carbocycles.